The van der Waals surface area contributed by atoms with Crippen LogP contribution >= 0.6 is 11.6 Å². The molecule has 0 saturated heterocycles. The summed E-state index contributed by atoms with van der Waals surface area (Å²) in [6.45, 7) is 2.02. The van der Waals surface area contributed by atoms with Crippen LogP contribution in [0.15, 0.2) is 36.7 Å². The topological polar surface area (TPSA) is 57.8 Å². The van der Waals surface area contributed by atoms with Crippen molar-refractivity contribution in [2.24, 2.45) is 0 Å². The van der Waals surface area contributed by atoms with E-state index in [9.17, 15) is 4.79 Å². The third-order valence-electron chi connectivity index (χ3n) is 2.75. The van der Waals surface area contributed by atoms with E-state index in [1.165, 1.54) is 6.20 Å². The Kier molecular flexibility index (Phi) is 3.99. The molecule has 2 N–H and O–H groups in total. The Labute approximate surface area is 110 Å². The van der Waals surface area contributed by atoms with Gasteiger partial charge < -0.3 is 5.32 Å². The third-order valence-corrected chi connectivity index (χ3v) is 3.00. The molecule has 2 rings (SSSR count). The summed E-state index contributed by atoms with van der Waals surface area (Å²) < 4.78 is 0. The second kappa shape index (κ2) is 5.69. The molecule has 2 aromatic rings. The first-order valence-corrected chi connectivity index (χ1v) is 6.13. The van der Waals surface area contributed by atoms with Crippen LogP contribution in [-0.4, -0.2) is 16.1 Å². The van der Waals surface area contributed by atoms with E-state index in [1.807, 2.05) is 31.2 Å². The lowest BCUT2D eigenvalue weighted by atomic mass is 10.0. The van der Waals surface area contributed by atoms with Gasteiger partial charge in [0.25, 0.3) is 5.91 Å². The molecule has 0 fully saturated rings. The maximum Gasteiger partial charge on any atom is 0.254 e. The van der Waals surface area contributed by atoms with Crippen molar-refractivity contribution in [3.05, 3.63) is 52.8 Å². The predicted octanol–water partition coefficient (Wildman–Crippen LogP) is 2.94. The number of amides is 1. The van der Waals surface area contributed by atoms with E-state index >= 15 is 0 Å². The monoisotopic (exact) mass is 263 g/mol. The molecule has 1 atom stereocenters. The van der Waals surface area contributed by atoms with Crippen LogP contribution in [0.3, 0.4) is 0 Å². The van der Waals surface area contributed by atoms with E-state index in [0.29, 0.717) is 10.6 Å². The molecule has 1 aromatic heterocycles. The molecule has 0 aliphatic carbocycles. The highest BCUT2D eigenvalue weighted by Crippen LogP contribution is 2.19. The first-order chi connectivity index (χ1) is 8.70. The van der Waals surface area contributed by atoms with Gasteiger partial charge in [-0.15, -0.1) is 0 Å². The maximum absolute atomic E-state index is 11.9. The minimum absolute atomic E-state index is 0.0235. The number of nitrogens with one attached hydrogen (secondary N) is 2. The number of aromatic amines is 1. The minimum Gasteiger partial charge on any atom is -0.345 e. The van der Waals surface area contributed by atoms with Gasteiger partial charge in [0.15, 0.2) is 0 Å². The fourth-order valence-electron chi connectivity index (χ4n) is 1.73. The molecule has 0 radical (unpaired) electrons. The van der Waals surface area contributed by atoms with Gasteiger partial charge in [-0.1, -0.05) is 30.7 Å². The van der Waals surface area contributed by atoms with Gasteiger partial charge in [-0.2, -0.15) is 5.10 Å². The number of rotatable bonds is 4. The molecule has 4 nitrogen and oxygen atoms in total. The molecule has 0 aliphatic rings. The SMILES string of the molecule is CCC(NC(=O)c1cn[nH]c1)c1ccc(Cl)cc1. The van der Waals surface area contributed by atoms with Gasteiger partial charge in [-0.25, -0.2) is 0 Å². The lowest BCUT2D eigenvalue weighted by Gasteiger charge is -2.17. The Hall–Kier alpha value is -1.81. The largest absolute Gasteiger partial charge is 0.345 e. The van der Waals surface area contributed by atoms with Crippen LogP contribution in [0.5, 0.6) is 0 Å². The van der Waals surface area contributed by atoms with Crippen LogP contribution < -0.4 is 5.32 Å². The molecule has 0 bridgehead atoms. The number of carbonyl (C=O) groups is 1. The van der Waals surface area contributed by atoms with Crippen molar-refractivity contribution in [1.82, 2.24) is 15.5 Å². The highest BCUT2D eigenvalue weighted by atomic mass is 35.5. The number of carbonyl (C=O) groups excluding carboxylic acids is 1. The van der Waals surface area contributed by atoms with Crippen LogP contribution in [0.2, 0.25) is 5.02 Å². The van der Waals surface area contributed by atoms with Crippen molar-refractivity contribution in [3.63, 3.8) is 0 Å². The summed E-state index contributed by atoms with van der Waals surface area (Å²) in [5, 5.41) is 10.0. The first kappa shape index (κ1) is 12.6. The first-order valence-electron chi connectivity index (χ1n) is 5.76. The third kappa shape index (κ3) is 2.90. The fraction of sp³-hybridized carbons (Fsp3) is 0.231. The highest BCUT2D eigenvalue weighted by Gasteiger charge is 2.14. The quantitative estimate of drug-likeness (QED) is 0.891. The van der Waals surface area contributed by atoms with Crippen LogP contribution in [-0.2, 0) is 0 Å². The maximum atomic E-state index is 11.9. The number of benzene rings is 1. The van der Waals surface area contributed by atoms with E-state index in [-0.39, 0.29) is 11.9 Å². The minimum atomic E-state index is -0.134. The van der Waals surface area contributed by atoms with E-state index < -0.39 is 0 Å². The molecule has 0 aliphatic heterocycles. The van der Waals surface area contributed by atoms with Crippen molar-refractivity contribution in [1.29, 1.82) is 0 Å². The number of hydrogen-bond donors (Lipinski definition) is 2. The van der Waals surface area contributed by atoms with Crippen molar-refractivity contribution in [2.45, 2.75) is 19.4 Å². The second-order valence-corrected chi connectivity index (χ2v) is 4.41. The van der Waals surface area contributed by atoms with Gasteiger partial charge in [-0.3, -0.25) is 9.89 Å². The molecular weight excluding hydrogens is 250 g/mol. The van der Waals surface area contributed by atoms with Crippen LogP contribution in [0.4, 0.5) is 0 Å². The summed E-state index contributed by atoms with van der Waals surface area (Å²) in [6.07, 6.45) is 3.89. The van der Waals surface area contributed by atoms with Crippen molar-refractivity contribution >= 4 is 17.5 Å². The average molecular weight is 264 g/mol. The summed E-state index contributed by atoms with van der Waals surface area (Å²) in [6, 6.07) is 7.47. The molecule has 5 heteroatoms. The Bertz CT molecular complexity index is 508. The Morgan fingerprint density at radius 2 is 2.17 bits per heavy atom. The standard InChI is InChI=1S/C13H14ClN3O/c1-2-12(9-3-5-11(14)6-4-9)17-13(18)10-7-15-16-8-10/h3-8,12H,2H2,1H3,(H,15,16)(H,17,18). The lowest BCUT2D eigenvalue weighted by Crippen LogP contribution is -2.27. The Balaban J connectivity index is 2.10. The van der Waals surface area contributed by atoms with E-state index in [2.05, 4.69) is 15.5 Å². The van der Waals surface area contributed by atoms with Crippen LogP contribution in [0.1, 0.15) is 35.3 Å². The smallest absolute Gasteiger partial charge is 0.254 e. The van der Waals surface area contributed by atoms with Crippen LogP contribution in [0, 0.1) is 0 Å². The molecule has 1 aromatic carbocycles. The molecule has 94 valence electrons. The van der Waals surface area contributed by atoms with E-state index in [1.54, 1.807) is 6.20 Å². The number of hydrogen-bond acceptors (Lipinski definition) is 2. The van der Waals surface area contributed by atoms with E-state index in [0.717, 1.165) is 12.0 Å². The summed E-state index contributed by atoms with van der Waals surface area (Å²) >= 11 is 5.85. The van der Waals surface area contributed by atoms with Gasteiger partial charge >= 0.3 is 0 Å². The van der Waals surface area contributed by atoms with Crippen molar-refractivity contribution in [2.75, 3.05) is 0 Å². The zero-order chi connectivity index (χ0) is 13.0. The second-order valence-electron chi connectivity index (χ2n) is 3.97. The number of nitrogens with zero attached hydrogens (tertiary/aromatic N) is 1. The van der Waals surface area contributed by atoms with Crippen molar-refractivity contribution in [3.8, 4) is 0 Å². The van der Waals surface area contributed by atoms with Gasteiger partial charge in [0, 0.05) is 11.2 Å². The van der Waals surface area contributed by atoms with Gasteiger partial charge in [0.1, 0.15) is 0 Å². The Morgan fingerprint density at radius 3 is 2.72 bits per heavy atom. The van der Waals surface area contributed by atoms with Gasteiger partial charge in [-0.05, 0) is 24.1 Å². The Morgan fingerprint density at radius 1 is 1.44 bits per heavy atom. The molecule has 1 amide bonds. The fourth-order valence-corrected chi connectivity index (χ4v) is 1.86. The van der Waals surface area contributed by atoms with Gasteiger partial charge in [0.2, 0.25) is 0 Å². The molecule has 18 heavy (non-hydrogen) atoms. The summed E-state index contributed by atoms with van der Waals surface area (Å²) in [5.74, 6) is -0.134. The lowest BCUT2D eigenvalue weighted by molar-refractivity contribution is 0.0935. The van der Waals surface area contributed by atoms with E-state index in [4.69, 9.17) is 11.6 Å². The van der Waals surface area contributed by atoms with Crippen LogP contribution in [0.25, 0.3) is 0 Å². The number of H-pyrrole nitrogens is 1. The number of aromatic nitrogens is 2. The van der Waals surface area contributed by atoms with Crippen molar-refractivity contribution < 1.29 is 4.79 Å². The molecule has 1 unspecified atom stereocenters. The normalized spacial score (nSPS) is 12.1. The average Bonchev–Trinajstić information content (AvgIpc) is 2.91. The molecule has 0 saturated carbocycles. The summed E-state index contributed by atoms with van der Waals surface area (Å²) in [5.41, 5.74) is 1.57. The highest BCUT2D eigenvalue weighted by molar-refractivity contribution is 6.30. The molecular formula is C13H14ClN3O. The summed E-state index contributed by atoms with van der Waals surface area (Å²) in [7, 11) is 0. The predicted molar refractivity (Wildman–Crippen MR) is 70.5 cm³/mol. The van der Waals surface area contributed by atoms with Gasteiger partial charge in [0.05, 0.1) is 17.8 Å². The molecule has 1 heterocycles. The summed E-state index contributed by atoms with van der Waals surface area (Å²) in [4.78, 5) is 11.9. The zero-order valence-electron chi connectivity index (χ0n) is 9.98. The zero-order valence-corrected chi connectivity index (χ0v) is 10.7. The molecule has 0 spiro atoms. The number of halogens is 1.